The fraction of sp³-hybridized carbons (Fsp3) is 0.500. The van der Waals surface area contributed by atoms with Crippen molar-refractivity contribution in [3.05, 3.63) is 34.6 Å². The van der Waals surface area contributed by atoms with E-state index in [4.69, 9.17) is 4.74 Å². The molecule has 0 radical (unpaired) electrons. The molecule has 9 nitrogen and oxygen atoms in total. The maximum absolute atomic E-state index is 11.8. The molecule has 0 aliphatic carbocycles. The van der Waals surface area contributed by atoms with Gasteiger partial charge < -0.3 is 15.2 Å². The van der Waals surface area contributed by atoms with Crippen LogP contribution in [-0.2, 0) is 11.3 Å². The van der Waals surface area contributed by atoms with Crippen LogP contribution in [0.15, 0.2) is 18.3 Å². The molecule has 162 valence electrons. The number of amides is 2. The zero-order valence-corrected chi connectivity index (χ0v) is 18.4. The number of anilines is 1. The van der Waals surface area contributed by atoms with E-state index in [1.807, 2.05) is 32.9 Å². The van der Waals surface area contributed by atoms with Crippen molar-refractivity contribution in [2.24, 2.45) is 0 Å². The molecule has 2 N–H and O–H groups in total. The zero-order valence-electron chi connectivity index (χ0n) is 17.6. The molecule has 10 heteroatoms. The van der Waals surface area contributed by atoms with Crippen LogP contribution in [-0.4, -0.2) is 68.7 Å². The highest BCUT2D eigenvalue weighted by molar-refractivity contribution is 7.15. The number of rotatable bonds is 6. The number of thiazole rings is 1. The lowest BCUT2D eigenvalue weighted by molar-refractivity contribution is -0.114. The predicted molar refractivity (Wildman–Crippen MR) is 114 cm³/mol. The first kappa shape index (κ1) is 22.0. The van der Waals surface area contributed by atoms with Gasteiger partial charge in [-0.15, -0.1) is 11.3 Å². The first-order valence-electron chi connectivity index (χ1n) is 9.75. The lowest BCUT2D eigenvalue weighted by Gasteiger charge is -2.43. The van der Waals surface area contributed by atoms with Gasteiger partial charge in [0.2, 0.25) is 5.91 Å². The van der Waals surface area contributed by atoms with E-state index in [9.17, 15) is 14.7 Å². The number of hydrogen-bond donors (Lipinski definition) is 2. The van der Waals surface area contributed by atoms with E-state index < -0.39 is 6.09 Å². The van der Waals surface area contributed by atoms with Gasteiger partial charge >= 0.3 is 6.09 Å². The lowest BCUT2D eigenvalue weighted by Crippen LogP contribution is -2.60. The number of aryl methyl sites for hydroxylation is 2. The third kappa shape index (κ3) is 5.67. The molecule has 0 spiro atoms. The van der Waals surface area contributed by atoms with E-state index in [2.05, 4.69) is 20.2 Å². The first-order valence-corrected chi connectivity index (χ1v) is 10.6. The number of piperazine rings is 1. The van der Waals surface area contributed by atoms with E-state index in [-0.39, 0.29) is 24.6 Å². The quantitative estimate of drug-likeness (QED) is 0.721. The Morgan fingerprint density at radius 1 is 1.30 bits per heavy atom. The molecule has 1 saturated heterocycles. The lowest BCUT2D eigenvalue weighted by atomic mass is 10.1. The van der Waals surface area contributed by atoms with Gasteiger partial charge in [0.25, 0.3) is 0 Å². The number of aromatic nitrogens is 2. The normalized spacial score (nSPS) is 19.5. The van der Waals surface area contributed by atoms with E-state index in [1.165, 1.54) is 23.2 Å². The van der Waals surface area contributed by atoms with Crippen molar-refractivity contribution in [2.75, 3.05) is 25.0 Å². The number of nitrogens with one attached hydrogen (secondary N) is 1. The van der Waals surface area contributed by atoms with Gasteiger partial charge in [-0.05, 0) is 20.8 Å². The molecule has 0 aromatic carbocycles. The molecular weight excluding hydrogens is 406 g/mol. The highest BCUT2D eigenvalue weighted by Gasteiger charge is 2.35. The maximum Gasteiger partial charge on any atom is 0.407 e. The standard InChI is InChI=1S/C20H27N5O4S/c1-12-5-17(6-13(2)22-12)29-11-16-9-24(14(3)8-25(16)20(27)28)10-18-7-21-19(30-18)23-15(4)26/h5-7,14,16H,8-11H2,1-4H3,(H,27,28)(H,21,23,26)/t14-,16-/m0/s1. The fourth-order valence-corrected chi connectivity index (χ4v) is 4.44. The van der Waals surface area contributed by atoms with Gasteiger partial charge in [0.15, 0.2) is 5.13 Å². The third-order valence-corrected chi connectivity index (χ3v) is 5.81. The average molecular weight is 434 g/mol. The highest BCUT2D eigenvalue weighted by atomic mass is 32.1. The molecule has 3 rings (SSSR count). The van der Waals surface area contributed by atoms with Gasteiger partial charge in [-0.25, -0.2) is 9.78 Å². The van der Waals surface area contributed by atoms with Crippen LogP contribution in [0.25, 0.3) is 0 Å². The molecule has 1 aliphatic rings. The molecule has 30 heavy (non-hydrogen) atoms. The monoisotopic (exact) mass is 433 g/mol. The van der Waals surface area contributed by atoms with E-state index >= 15 is 0 Å². The van der Waals surface area contributed by atoms with Crippen LogP contribution >= 0.6 is 11.3 Å². The topological polar surface area (TPSA) is 108 Å². The van der Waals surface area contributed by atoms with Gasteiger partial charge in [-0.3, -0.25) is 19.6 Å². The van der Waals surface area contributed by atoms with Crippen molar-refractivity contribution in [3.8, 4) is 5.75 Å². The molecule has 3 heterocycles. The van der Waals surface area contributed by atoms with Crippen molar-refractivity contribution in [3.63, 3.8) is 0 Å². The van der Waals surface area contributed by atoms with Gasteiger partial charge in [-0.2, -0.15) is 0 Å². The fourth-order valence-electron chi connectivity index (χ4n) is 3.56. The second-order valence-corrected chi connectivity index (χ2v) is 8.69. The Morgan fingerprint density at radius 2 is 2.00 bits per heavy atom. The van der Waals surface area contributed by atoms with Crippen LogP contribution in [0.5, 0.6) is 5.75 Å². The molecule has 0 saturated carbocycles. The van der Waals surface area contributed by atoms with Gasteiger partial charge in [0.05, 0.1) is 6.04 Å². The maximum atomic E-state index is 11.8. The van der Waals surface area contributed by atoms with E-state index in [0.29, 0.717) is 30.5 Å². The summed E-state index contributed by atoms with van der Waals surface area (Å²) in [6.07, 6.45) is 0.809. The second-order valence-electron chi connectivity index (χ2n) is 7.58. The van der Waals surface area contributed by atoms with Crippen LogP contribution in [0, 0.1) is 13.8 Å². The van der Waals surface area contributed by atoms with Gasteiger partial charge in [0, 0.05) is 67.2 Å². The second kappa shape index (κ2) is 9.40. The van der Waals surface area contributed by atoms with Crippen molar-refractivity contribution in [2.45, 2.75) is 46.3 Å². The first-order chi connectivity index (χ1) is 14.2. The number of carbonyl (C=O) groups excluding carboxylic acids is 1. The molecule has 2 aromatic heterocycles. The summed E-state index contributed by atoms with van der Waals surface area (Å²) in [5.74, 6) is 0.538. The Bertz CT molecular complexity index is 898. The number of nitrogens with zero attached hydrogens (tertiary/aromatic N) is 4. The van der Waals surface area contributed by atoms with E-state index in [0.717, 1.165) is 16.3 Å². The Kier molecular flexibility index (Phi) is 6.88. The van der Waals surface area contributed by atoms with Gasteiger partial charge in [-0.1, -0.05) is 0 Å². The zero-order chi connectivity index (χ0) is 21.8. The van der Waals surface area contributed by atoms with Crippen molar-refractivity contribution in [1.29, 1.82) is 0 Å². The minimum absolute atomic E-state index is 0.0501. The largest absolute Gasteiger partial charge is 0.491 e. The van der Waals surface area contributed by atoms with Crippen molar-refractivity contribution >= 4 is 28.5 Å². The highest BCUT2D eigenvalue weighted by Crippen LogP contribution is 2.24. The molecular formula is C20H27N5O4S. The van der Waals surface area contributed by atoms with Crippen LogP contribution in [0.4, 0.5) is 9.93 Å². The minimum atomic E-state index is -0.942. The SMILES string of the molecule is CC(=O)Nc1ncc(CN2C[C@@H](COc3cc(C)nc(C)c3)N(C(=O)O)C[C@@H]2C)s1. The smallest absolute Gasteiger partial charge is 0.407 e. The number of carboxylic acid groups (broad SMARTS) is 1. The molecule has 0 bridgehead atoms. The summed E-state index contributed by atoms with van der Waals surface area (Å²) in [5, 5.41) is 12.9. The summed E-state index contributed by atoms with van der Waals surface area (Å²) in [7, 11) is 0. The summed E-state index contributed by atoms with van der Waals surface area (Å²) >= 11 is 1.43. The number of carbonyl (C=O) groups is 2. The van der Waals surface area contributed by atoms with Crippen molar-refractivity contribution in [1.82, 2.24) is 19.8 Å². The number of ether oxygens (including phenoxy) is 1. The van der Waals surface area contributed by atoms with E-state index in [1.54, 1.807) is 6.20 Å². The molecule has 0 unspecified atom stereocenters. The molecule has 1 fully saturated rings. The molecule has 2 amide bonds. The summed E-state index contributed by atoms with van der Waals surface area (Å²) in [6.45, 7) is 9.10. The van der Waals surface area contributed by atoms with Crippen LogP contribution < -0.4 is 10.1 Å². The van der Waals surface area contributed by atoms with Gasteiger partial charge in [0.1, 0.15) is 12.4 Å². The third-order valence-electron chi connectivity index (χ3n) is 4.91. The average Bonchev–Trinajstić information content (AvgIpc) is 3.07. The van der Waals surface area contributed by atoms with Crippen LogP contribution in [0.2, 0.25) is 0 Å². The number of hydrogen-bond acceptors (Lipinski definition) is 7. The van der Waals surface area contributed by atoms with Crippen LogP contribution in [0.1, 0.15) is 30.1 Å². The van der Waals surface area contributed by atoms with Crippen molar-refractivity contribution < 1.29 is 19.4 Å². The Hall–Kier alpha value is -2.72. The summed E-state index contributed by atoms with van der Waals surface area (Å²) < 4.78 is 5.94. The molecule has 1 aliphatic heterocycles. The predicted octanol–water partition coefficient (Wildman–Crippen LogP) is 2.75. The Labute approximate surface area is 179 Å². The van der Waals surface area contributed by atoms with Crippen LogP contribution in [0.3, 0.4) is 0 Å². The minimum Gasteiger partial charge on any atom is -0.491 e. The number of pyridine rings is 1. The summed E-state index contributed by atoms with van der Waals surface area (Å²) in [6, 6.07) is 3.45. The Morgan fingerprint density at radius 3 is 2.63 bits per heavy atom. The summed E-state index contributed by atoms with van der Waals surface area (Å²) in [5.41, 5.74) is 1.72. The molecule has 2 aromatic rings. The Balaban J connectivity index is 1.68. The molecule has 2 atom stereocenters. The summed E-state index contributed by atoms with van der Waals surface area (Å²) in [4.78, 5) is 36.3.